The van der Waals surface area contributed by atoms with E-state index in [0.29, 0.717) is 32.6 Å². The van der Waals surface area contributed by atoms with Crippen molar-refractivity contribution in [1.82, 2.24) is 4.57 Å². The number of hydrogen-bond donors (Lipinski definition) is 1. The van der Waals surface area contributed by atoms with Gasteiger partial charge in [-0.05, 0) is 67.9 Å². The molecule has 4 aromatic rings. The maximum Gasteiger partial charge on any atom is 0.338 e. The number of nitrogens with zero attached hydrogens (tertiary/aromatic N) is 2. The van der Waals surface area contributed by atoms with Gasteiger partial charge >= 0.3 is 10.8 Å². The van der Waals surface area contributed by atoms with Gasteiger partial charge < -0.3 is 14.8 Å². The molecule has 3 amide bonds. The lowest BCUT2D eigenvalue weighted by molar-refractivity contribution is -0.122. The van der Waals surface area contributed by atoms with Crippen LogP contribution in [0.1, 0.15) is 39.2 Å². The number of aromatic nitrogens is 1. The van der Waals surface area contributed by atoms with Crippen LogP contribution in [0.15, 0.2) is 82.6 Å². The van der Waals surface area contributed by atoms with Crippen molar-refractivity contribution < 1.29 is 28.7 Å². The summed E-state index contributed by atoms with van der Waals surface area (Å²) >= 11 is 2.12. The fourth-order valence-electron chi connectivity index (χ4n) is 5.62. The Bertz CT molecular complexity index is 1850. The first-order chi connectivity index (χ1) is 21.7. The van der Waals surface area contributed by atoms with Crippen LogP contribution in [0.2, 0.25) is 0 Å². The largest absolute Gasteiger partial charge is 0.497 e. The second-order valence-electron chi connectivity index (χ2n) is 10.6. The Morgan fingerprint density at radius 1 is 0.911 bits per heavy atom. The number of esters is 1. The smallest absolute Gasteiger partial charge is 0.338 e. The number of fused-ring (bicyclic) bond motifs is 2. The molecule has 45 heavy (non-hydrogen) atoms. The van der Waals surface area contributed by atoms with Crippen molar-refractivity contribution in [3.05, 3.63) is 104 Å². The molecule has 6 rings (SSSR count). The molecule has 0 bridgehead atoms. The van der Waals surface area contributed by atoms with Crippen molar-refractivity contribution in [2.24, 2.45) is 5.92 Å². The topological polar surface area (TPSA) is 124 Å². The van der Waals surface area contributed by atoms with E-state index in [0.717, 1.165) is 39.1 Å². The van der Waals surface area contributed by atoms with Crippen LogP contribution in [0.25, 0.3) is 0 Å². The van der Waals surface area contributed by atoms with E-state index in [4.69, 9.17) is 9.47 Å². The van der Waals surface area contributed by atoms with Crippen LogP contribution in [0.3, 0.4) is 0 Å². The summed E-state index contributed by atoms with van der Waals surface area (Å²) in [6.45, 7) is 3.63. The highest BCUT2D eigenvalue weighted by Crippen LogP contribution is 2.54. The van der Waals surface area contributed by atoms with Crippen molar-refractivity contribution in [3.8, 4) is 5.75 Å². The van der Waals surface area contributed by atoms with Gasteiger partial charge in [-0.3, -0.25) is 23.7 Å². The molecular weight excluding hydrogens is 615 g/mol. The summed E-state index contributed by atoms with van der Waals surface area (Å²) in [5.74, 6) is -2.52. The Balaban J connectivity index is 1.37. The second kappa shape index (κ2) is 12.4. The number of thioether (sulfide) groups is 1. The Kier molecular flexibility index (Phi) is 8.34. The molecule has 3 aromatic carbocycles. The Hall–Kier alpha value is -4.68. The molecule has 0 saturated carbocycles. The zero-order valence-electron chi connectivity index (χ0n) is 24.6. The maximum atomic E-state index is 14.1. The SMILES string of the molecule is CCOC(=O)c1ccc(N2C(=O)C3Sc4c(sc(=O)n4CC(=O)Nc4ccc(C)cc4)[C@@H](c4ccc(OC)cc4)C3C2=O)cc1. The van der Waals surface area contributed by atoms with E-state index in [9.17, 15) is 24.0 Å². The molecule has 2 aliphatic rings. The highest BCUT2D eigenvalue weighted by Gasteiger charge is 2.56. The van der Waals surface area contributed by atoms with Crippen LogP contribution < -0.4 is 19.8 Å². The van der Waals surface area contributed by atoms with E-state index in [2.05, 4.69) is 5.32 Å². The number of carbonyl (C=O) groups excluding carboxylic acids is 4. The van der Waals surface area contributed by atoms with Gasteiger partial charge in [-0.2, -0.15) is 0 Å². The summed E-state index contributed by atoms with van der Waals surface area (Å²) in [6.07, 6.45) is 0. The predicted molar refractivity (Wildman–Crippen MR) is 171 cm³/mol. The van der Waals surface area contributed by atoms with E-state index in [1.54, 1.807) is 50.4 Å². The number of nitrogens with one attached hydrogen (secondary N) is 1. The van der Waals surface area contributed by atoms with Gasteiger partial charge in [0, 0.05) is 16.5 Å². The van der Waals surface area contributed by atoms with Crippen LogP contribution in [-0.4, -0.2) is 47.2 Å². The van der Waals surface area contributed by atoms with E-state index in [-0.39, 0.29) is 23.9 Å². The molecule has 10 nitrogen and oxygen atoms in total. The summed E-state index contributed by atoms with van der Waals surface area (Å²) in [7, 11) is 1.55. The maximum absolute atomic E-state index is 14.1. The summed E-state index contributed by atoms with van der Waals surface area (Å²) in [5, 5.41) is 2.48. The van der Waals surface area contributed by atoms with Gasteiger partial charge in [0.25, 0.3) is 0 Å². The number of amides is 3. The van der Waals surface area contributed by atoms with Crippen molar-refractivity contribution in [2.75, 3.05) is 23.9 Å². The molecule has 1 N–H and O–H groups in total. The minimum Gasteiger partial charge on any atom is -0.497 e. The number of hydrogen-bond acceptors (Lipinski definition) is 9. The van der Waals surface area contributed by atoms with Crippen molar-refractivity contribution >= 4 is 58.2 Å². The lowest BCUT2D eigenvalue weighted by Crippen LogP contribution is -2.33. The van der Waals surface area contributed by atoms with Crippen LogP contribution in [0, 0.1) is 12.8 Å². The summed E-state index contributed by atoms with van der Waals surface area (Å²) < 4.78 is 11.8. The van der Waals surface area contributed by atoms with E-state index >= 15 is 0 Å². The predicted octanol–water partition coefficient (Wildman–Crippen LogP) is 4.84. The van der Waals surface area contributed by atoms with Gasteiger partial charge in [0.2, 0.25) is 17.7 Å². The highest BCUT2D eigenvalue weighted by atomic mass is 32.2. The van der Waals surface area contributed by atoms with Gasteiger partial charge in [0.1, 0.15) is 17.5 Å². The number of anilines is 2. The molecule has 12 heteroatoms. The fraction of sp³-hybridized carbons (Fsp3) is 0.242. The molecule has 0 aliphatic carbocycles. The highest BCUT2D eigenvalue weighted by molar-refractivity contribution is 8.00. The van der Waals surface area contributed by atoms with Crippen LogP contribution in [0.4, 0.5) is 11.4 Å². The summed E-state index contributed by atoms with van der Waals surface area (Å²) in [6, 6.07) is 20.7. The first-order valence-corrected chi connectivity index (χ1v) is 16.0. The van der Waals surface area contributed by atoms with Gasteiger partial charge in [-0.25, -0.2) is 9.69 Å². The number of carbonyl (C=O) groups is 4. The number of thiazole rings is 1. The fourth-order valence-corrected chi connectivity index (χ4v) is 8.40. The number of methoxy groups -OCH3 is 1. The average Bonchev–Trinajstić information content (AvgIpc) is 3.48. The zero-order valence-corrected chi connectivity index (χ0v) is 26.3. The molecule has 1 aromatic heterocycles. The van der Waals surface area contributed by atoms with Gasteiger partial charge in [0.05, 0.1) is 35.9 Å². The Morgan fingerprint density at radius 3 is 2.24 bits per heavy atom. The van der Waals surface area contributed by atoms with Crippen LogP contribution >= 0.6 is 23.1 Å². The third-order valence-corrected chi connectivity index (χ3v) is 10.4. The number of aryl methyl sites for hydroxylation is 1. The molecule has 2 unspecified atom stereocenters. The molecule has 230 valence electrons. The van der Waals surface area contributed by atoms with Gasteiger partial charge in [-0.1, -0.05) is 52.9 Å². The molecule has 0 radical (unpaired) electrons. The number of benzene rings is 3. The first kappa shape index (κ1) is 30.4. The van der Waals surface area contributed by atoms with Crippen LogP contribution in [0.5, 0.6) is 5.75 Å². The Morgan fingerprint density at radius 2 is 1.60 bits per heavy atom. The minimum absolute atomic E-state index is 0.222. The standard InChI is InChI=1S/C33H29N3O7S2/c1-4-43-32(40)20-7-13-22(14-8-20)36-29(38)26-25(19-9-15-23(42-3)16-10-19)28-31(44-27(26)30(36)39)35(33(41)45-28)17-24(37)34-21-11-5-18(2)6-12-21/h5-16,25-27H,4,17H2,1-3H3,(H,34,37)/t25-,26?,27?/m0/s1. The summed E-state index contributed by atoms with van der Waals surface area (Å²) in [5.41, 5.74) is 3.03. The Labute approximate surface area is 267 Å². The molecule has 1 fully saturated rings. The monoisotopic (exact) mass is 643 g/mol. The number of ether oxygens (including phenoxy) is 2. The molecular formula is C33H29N3O7S2. The van der Waals surface area contributed by atoms with E-state index in [1.807, 2.05) is 31.2 Å². The third kappa shape index (κ3) is 5.67. The quantitative estimate of drug-likeness (QED) is 0.214. The zero-order chi connectivity index (χ0) is 31.8. The lowest BCUT2D eigenvalue weighted by Gasteiger charge is -2.30. The van der Waals surface area contributed by atoms with Crippen LogP contribution in [-0.2, 0) is 25.7 Å². The van der Waals surface area contributed by atoms with Crippen molar-refractivity contribution in [1.29, 1.82) is 0 Å². The van der Waals surface area contributed by atoms with Gasteiger partial charge in [0.15, 0.2) is 0 Å². The molecule has 3 heterocycles. The van der Waals surface area contributed by atoms with E-state index in [1.165, 1.54) is 16.7 Å². The number of rotatable bonds is 8. The lowest BCUT2D eigenvalue weighted by atomic mass is 9.83. The van der Waals surface area contributed by atoms with E-state index < -0.39 is 34.9 Å². The molecule has 1 saturated heterocycles. The normalized spacial score (nSPS) is 18.7. The van der Waals surface area contributed by atoms with Crippen molar-refractivity contribution in [2.45, 2.75) is 36.6 Å². The number of imide groups is 1. The third-order valence-electron chi connectivity index (χ3n) is 7.80. The molecule has 0 spiro atoms. The minimum atomic E-state index is -0.845. The molecule has 3 atom stereocenters. The molecule has 2 aliphatic heterocycles. The van der Waals surface area contributed by atoms with Gasteiger partial charge in [-0.15, -0.1) is 0 Å². The average molecular weight is 644 g/mol. The second-order valence-corrected chi connectivity index (χ2v) is 12.8. The van der Waals surface area contributed by atoms with Crippen molar-refractivity contribution in [3.63, 3.8) is 0 Å². The summed E-state index contributed by atoms with van der Waals surface area (Å²) in [4.78, 5) is 68.1. The first-order valence-electron chi connectivity index (χ1n) is 14.3.